The SMILES string of the molecule is COC1CCO[C@@H](C)C1O. The van der Waals surface area contributed by atoms with Crippen LogP contribution in [0.25, 0.3) is 0 Å². The third-order valence-electron chi connectivity index (χ3n) is 1.95. The third-order valence-corrected chi connectivity index (χ3v) is 1.95. The monoisotopic (exact) mass is 146 g/mol. The largest absolute Gasteiger partial charge is 0.388 e. The third kappa shape index (κ3) is 1.48. The zero-order valence-corrected chi connectivity index (χ0v) is 6.41. The Bertz CT molecular complexity index is 105. The summed E-state index contributed by atoms with van der Waals surface area (Å²) < 4.78 is 10.2. The first-order valence-electron chi connectivity index (χ1n) is 3.58. The van der Waals surface area contributed by atoms with Gasteiger partial charge in [-0.2, -0.15) is 0 Å². The molecule has 1 fully saturated rings. The summed E-state index contributed by atoms with van der Waals surface area (Å²) in [6, 6.07) is 0. The molecule has 3 heteroatoms. The summed E-state index contributed by atoms with van der Waals surface area (Å²) in [7, 11) is 1.62. The van der Waals surface area contributed by atoms with E-state index in [1.54, 1.807) is 7.11 Å². The van der Waals surface area contributed by atoms with E-state index < -0.39 is 6.10 Å². The molecule has 1 saturated heterocycles. The van der Waals surface area contributed by atoms with Crippen LogP contribution in [0.4, 0.5) is 0 Å². The Balaban J connectivity index is 2.42. The first kappa shape index (κ1) is 7.98. The minimum atomic E-state index is -0.459. The van der Waals surface area contributed by atoms with Crippen molar-refractivity contribution in [1.29, 1.82) is 0 Å². The van der Waals surface area contributed by atoms with Crippen molar-refractivity contribution in [2.24, 2.45) is 0 Å². The van der Waals surface area contributed by atoms with Gasteiger partial charge in [0.15, 0.2) is 0 Å². The average molecular weight is 146 g/mol. The lowest BCUT2D eigenvalue weighted by atomic mass is 10.0. The molecular weight excluding hydrogens is 132 g/mol. The van der Waals surface area contributed by atoms with Crippen molar-refractivity contribution < 1.29 is 14.6 Å². The van der Waals surface area contributed by atoms with Gasteiger partial charge in [-0.3, -0.25) is 0 Å². The zero-order chi connectivity index (χ0) is 7.56. The predicted octanol–water partition coefficient (Wildman–Crippen LogP) is 0.171. The molecular formula is C7H14O3. The Hall–Kier alpha value is -0.120. The highest BCUT2D eigenvalue weighted by Gasteiger charge is 2.29. The van der Waals surface area contributed by atoms with Crippen LogP contribution in [-0.2, 0) is 9.47 Å². The number of hydrogen-bond donors (Lipinski definition) is 1. The molecule has 3 nitrogen and oxygen atoms in total. The van der Waals surface area contributed by atoms with Gasteiger partial charge < -0.3 is 14.6 Å². The van der Waals surface area contributed by atoms with E-state index in [4.69, 9.17) is 9.47 Å². The first-order chi connectivity index (χ1) is 4.75. The molecule has 1 N–H and O–H groups in total. The quantitative estimate of drug-likeness (QED) is 0.573. The van der Waals surface area contributed by atoms with Gasteiger partial charge in [-0.25, -0.2) is 0 Å². The van der Waals surface area contributed by atoms with Crippen molar-refractivity contribution in [2.45, 2.75) is 31.7 Å². The van der Waals surface area contributed by atoms with Crippen molar-refractivity contribution in [1.82, 2.24) is 0 Å². The van der Waals surface area contributed by atoms with Gasteiger partial charge in [0.1, 0.15) is 6.10 Å². The summed E-state index contributed by atoms with van der Waals surface area (Å²) in [5.41, 5.74) is 0. The molecule has 2 unspecified atom stereocenters. The Morgan fingerprint density at radius 1 is 1.60 bits per heavy atom. The van der Waals surface area contributed by atoms with Crippen LogP contribution >= 0.6 is 0 Å². The number of methoxy groups -OCH3 is 1. The molecule has 0 aromatic heterocycles. The van der Waals surface area contributed by atoms with E-state index in [1.165, 1.54) is 0 Å². The van der Waals surface area contributed by atoms with Gasteiger partial charge >= 0.3 is 0 Å². The normalized spacial score (nSPS) is 41.7. The van der Waals surface area contributed by atoms with Crippen LogP contribution in [0.5, 0.6) is 0 Å². The van der Waals surface area contributed by atoms with Gasteiger partial charge in [0.25, 0.3) is 0 Å². The second-order valence-electron chi connectivity index (χ2n) is 2.63. The van der Waals surface area contributed by atoms with Gasteiger partial charge in [0, 0.05) is 13.7 Å². The molecule has 0 radical (unpaired) electrons. The summed E-state index contributed by atoms with van der Waals surface area (Å²) in [6.45, 7) is 2.55. The van der Waals surface area contributed by atoms with Gasteiger partial charge in [0.05, 0.1) is 12.2 Å². The standard InChI is InChI=1S/C7H14O3/c1-5-7(8)6(9-2)3-4-10-5/h5-8H,3-4H2,1-2H3/t5-,6?,7?/m0/s1. The van der Waals surface area contributed by atoms with Gasteiger partial charge in [-0.1, -0.05) is 0 Å². The summed E-state index contributed by atoms with van der Waals surface area (Å²) in [5, 5.41) is 9.39. The lowest BCUT2D eigenvalue weighted by Gasteiger charge is -2.31. The van der Waals surface area contributed by atoms with E-state index >= 15 is 0 Å². The molecule has 0 aromatic carbocycles. The highest BCUT2D eigenvalue weighted by Crippen LogP contribution is 2.16. The second kappa shape index (κ2) is 3.32. The molecule has 0 saturated carbocycles. The summed E-state index contributed by atoms with van der Waals surface area (Å²) in [4.78, 5) is 0. The van der Waals surface area contributed by atoms with Crippen LogP contribution in [0.2, 0.25) is 0 Å². The maximum absolute atomic E-state index is 9.39. The maximum atomic E-state index is 9.39. The van der Waals surface area contributed by atoms with Crippen molar-refractivity contribution in [3.8, 4) is 0 Å². The molecule has 1 rings (SSSR count). The molecule has 0 aromatic rings. The van der Waals surface area contributed by atoms with E-state index in [2.05, 4.69) is 0 Å². The molecule has 10 heavy (non-hydrogen) atoms. The average Bonchev–Trinajstić information content (AvgIpc) is 1.95. The zero-order valence-electron chi connectivity index (χ0n) is 6.41. The lowest BCUT2D eigenvalue weighted by molar-refractivity contribution is -0.138. The fourth-order valence-corrected chi connectivity index (χ4v) is 1.20. The number of hydrogen-bond acceptors (Lipinski definition) is 3. The lowest BCUT2D eigenvalue weighted by Crippen LogP contribution is -2.43. The van der Waals surface area contributed by atoms with Crippen LogP contribution in [0.3, 0.4) is 0 Å². The van der Waals surface area contributed by atoms with Crippen LogP contribution in [0.15, 0.2) is 0 Å². The van der Waals surface area contributed by atoms with Crippen molar-refractivity contribution in [3.05, 3.63) is 0 Å². The minimum absolute atomic E-state index is 0.0382. The van der Waals surface area contributed by atoms with E-state index in [9.17, 15) is 5.11 Å². The van der Waals surface area contributed by atoms with Crippen molar-refractivity contribution in [2.75, 3.05) is 13.7 Å². The fourth-order valence-electron chi connectivity index (χ4n) is 1.20. The maximum Gasteiger partial charge on any atom is 0.106 e. The topological polar surface area (TPSA) is 38.7 Å². The van der Waals surface area contributed by atoms with Gasteiger partial charge in [-0.05, 0) is 13.3 Å². The van der Waals surface area contributed by atoms with Crippen LogP contribution < -0.4 is 0 Å². The molecule has 0 bridgehead atoms. The number of rotatable bonds is 1. The highest BCUT2D eigenvalue weighted by molar-refractivity contribution is 4.78. The number of aliphatic hydroxyl groups excluding tert-OH is 1. The second-order valence-corrected chi connectivity index (χ2v) is 2.63. The van der Waals surface area contributed by atoms with Crippen LogP contribution in [0.1, 0.15) is 13.3 Å². The van der Waals surface area contributed by atoms with Gasteiger partial charge in [0.2, 0.25) is 0 Å². The molecule has 3 atom stereocenters. The number of aliphatic hydroxyl groups is 1. The van der Waals surface area contributed by atoms with E-state index in [0.29, 0.717) is 6.61 Å². The Morgan fingerprint density at radius 3 is 2.80 bits per heavy atom. The Morgan fingerprint density at radius 2 is 2.30 bits per heavy atom. The molecule has 1 heterocycles. The minimum Gasteiger partial charge on any atom is -0.388 e. The predicted molar refractivity (Wildman–Crippen MR) is 36.8 cm³/mol. The molecule has 0 aliphatic carbocycles. The highest BCUT2D eigenvalue weighted by atomic mass is 16.5. The van der Waals surface area contributed by atoms with Gasteiger partial charge in [-0.15, -0.1) is 0 Å². The molecule has 60 valence electrons. The summed E-state index contributed by atoms with van der Waals surface area (Å²) in [5.74, 6) is 0. The van der Waals surface area contributed by atoms with E-state index in [-0.39, 0.29) is 12.2 Å². The van der Waals surface area contributed by atoms with Crippen molar-refractivity contribution in [3.63, 3.8) is 0 Å². The smallest absolute Gasteiger partial charge is 0.106 e. The van der Waals surface area contributed by atoms with Crippen molar-refractivity contribution >= 4 is 0 Å². The van der Waals surface area contributed by atoms with Crippen LogP contribution in [0, 0.1) is 0 Å². The fraction of sp³-hybridized carbons (Fsp3) is 1.00. The first-order valence-corrected chi connectivity index (χ1v) is 3.58. The Kier molecular flexibility index (Phi) is 2.65. The molecule has 1 aliphatic heterocycles. The van der Waals surface area contributed by atoms with E-state index in [0.717, 1.165) is 6.42 Å². The molecule has 1 aliphatic rings. The molecule has 0 amide bonds. The summed E-state index contributed by atoms with van der Waals surface area (Å²) in [6.07, 6.45) is 0.211. The number of ether oxygens (including phenoxy) is 2. The molecule has 0 spiro atoms. The Labute approximate surface area is 60.9 Å². The van der Waals surface area contributed by atoms with Crippen LogP contribution in [-0.4, -0.2) is 37.1 Å². The summed E-state index contributed by atoms with van der Waals surface area (Å²) >= 11 is 0. The van der Waals surface area contributed by atoms with E-state index in [1.807, 2.05) is 6.92 Å².